The first-order chi connectivity index (χ1) is 14.5. The molecule has 0 aliphatic heterocycles. The zero-order valence-corrected chi connectivity index (χ0v) is 18.0. The van der Waals surface area contributed by atoms with Crippen LogP contribution in [0.3, 0.4) is 0 Å². The van der Waals surface area contributed by atoms with Gasteiger partial charge in [0.2, 0.25) is 5.88 Å². The molecule has 0 unspecified atom stereocenters. The summed E-state index contributed by atoms with van der Waals surface area (Å²) < 4.78 is 14.0. The summed E-state index contributed by atoms with van der Waals surface area (Å²) in [5.41, 5.74) is 2.47. The number of aromatic nitrogens is 5. The molecule has 158 valence electrons. The van der Waals surface area contributed by atoms with E-state index >= 15 is 0 Å². The second-order valence-corrected chi connectivity index (χ2v) is 7.91. The molecule has 9 heteroatoms. The molecule has 3 heterocycles. The number of hydrogen-bond donors (Lipinski definition) is 0. The van der Waals surface area contributed by atoms with Crippen molar-refractivity contribution in [3.05, 3.63) is 62.9 Å². The molecule has 30 heavy (non-hydrogen) atoms. The molecule has 0 saturated heterocycles. The monoisotopic (exact) mass is 429 g/mol. The van der Waals surface area contributed by atoms with Gasteiger partial charge in [0.05, 0.1) is 26.1 Å². The summed E-state index contributed by atoms with van der Waals surface area (Å²) >= 11 is 6.22. The van der Waals surface area contributed by atoms with Crippen LogP contribution in [0.1, 0.15) is 29.2 Å². The van der Waals surface area contributed by atoms with Crippen molar-refractivity contribution < 1.29 is 9.47 Å². The zero-order valence-electron chi connectivity index (χ0n) is 17.2. The highest BCUT2D eigenvalue weighted by atomic mass is 35.5. The predicted octanol–water partition coefficient (Wildman–Crippen LogP) is 2.54. The average molecular weight is 430 g/mol. The van der Waals surface area contributed by atoms with Crippen LogP contribution in [0.25, 0.3) is 0 Å². The first-order valence-corrected chi connectivity index (χ1v) is 10.2. The highest BCUT2D eigenvalue weighted by Gasteiger charge is 2.40. The van der Waals surface area contributed by atoms with Gasteiger partial charge in [0, 0.05) is 48.8 Å². The Hall–Kier alpha value is -2.87. The molecule has 0 radical (unpaired) electrons. The normalized spacial score (nSPS) is 17.7. The van der Waals surface area contributed by atoms with Gasteiger partial charge in [-0.25, -0.2) is 4.68 Å². The average Bonchev–Trinajstić information content (AvgIpc) is 3.47. The summed E-state index contributed by atoms with van der Waals surface area (Å²) in [7, 11) is 5.05. The summed E-state index contributed by atoms with van der Waals surface area (Å²) in [6.07, 6.45) is 5.65. The Kier molecular flexibility index (Phi) is 5.76. The second kappa shape index (κ2) is 8.47. The molecule has 3 aromatic heterocycles. The van der Waals surface area contributed by atoms with Crippen LogP contribution in [0, 0.1) is 5.92 Å². The fraction of sp³-hybridized carbons (Fsp3) is 0.429. The van der Waals surface area contributed by atoms with E-state index in [9.17, 15) is 4.79 Å². The van der Waals surface area contributed by atoms with E-state index in [0.29, 0.717) is 47.9 Å². The Morgan fingerprint density at radius 1 is 1.17 bits per heavy atom. The maximum absolute atomic E-state index is 12.4. The minimum absolute atomic E-state index is 0.130. The van der Waals surface area contributed by atoms with E-state index in [1.165, 1.54) is 4.68 Å². The highest BCUT2D eigenvalue weighted by molar-refractivity contribution is 6.30. The van der Waals surface area contributed by atoms with Crippen LogP contribution in [0.2, 0.25) is 5.15 Å². The summed E-state index contributed by atoms with van der Waals surface area (Å²) in [4.78, 5) is 16.9. The number of rotatable bonds is 8. The standard InChI is InChI=1S/C21H24ClN5O3/c1-26-20(22)14(10-24-26)5-4-13-9-19(25-27(2)21(13)28)30-12-15-8-17(15)18-7-6-16(29-3)11-23-18/h6-7,9-11,15,17H,4-5,8,12H2,1-3H3/t15-,17+/m1/s1. The number of ether oxygens (including phenoxy) is 2. The van der Waals surface area contributed by atoms with E-state index in [0.717, 1.165) is 23.4 Å². The predicted molar refractivity (Wildman–Crippen MR) is 112 cm³/mol. The van der Waals surface area contributed by atoms with Crippen LogP contribution >= 0.6 is 11.6 Å². The van der Waals surface area contributed by atoms with Crippen LogP contribution in [-0.4, -0.2) is 38.3 Å². The first kappa shape index (κ1) is 20.4. The molecule has 1 aliphatic rings. The molecule has 1 saturated carbocycles. The lowest BCUT2D eigenvalue weighted by Crippen LogP contribution is -2.24. The van der Waals surface area contributed by atoms with Crippen molar-refractivity contribution in [2.45, 2.75) is 25.2 Å². The molecule has 1 aliphatic carbocycles. The van der Waals surface area contributed by atoms with Crippen LogP contribution in [0.15, 0.2) is 35.4 Å². The van der Waals surface area contributed by atoms with E-state index < -0.39 is 0 Å². The van der Waals surface area contributed by atoms with Crippen molar-refractivity contribution in [3.8, 4) is 11.6 Å². The number of hydrogen-bond acceptors (Lipinski definition) is 6. The van der Waals surface area contributed by atoms with Gasteiger partial charge in [0.1, 0.15) is 10.9 Å². The van der Waals surface area contributed by atoms with Gasteiger partial charge in [-0.15, -0.1) is 5.10 Å². The van der Waals surface area contributed by atoms with Gasteiger partial charge < -0.3 is 9.47 Å². The smallest absolute Gasteiger partial charge is 0.269 e. The fourth-order valence-electron chi connectivity index (χ4n) is 3.51. The number of methoxy groups -OCH3 is 1. The summed E-state index contributed by atoms with van der Waals surface area (Å²) in [5.74, 6) is 1.98. The van der Waals surface area contributed by atoms with Crippen molar-refractivity contribution in [1.82, 2.24) is 24.5 Å². The molecule has 0 spiro atoms. The van der Waals surface area contributed by atoms with Gasteiger partial charge in [0.25, 0.3) is 5.56 Å². The van der Waals surface area contributed by atoms with Crippen molar-refractivity contribution in [2.75, 3.05) is 13.7 Å². The molecule has 8 nitrogen and oxygen atoms in total. The van der Waals surface area contributed by atoms with Crippen molar-refractivity contribution in [1.29, 1.82) is 0 Å². The van der Waals surface area contributed by atoms with E-state index in [-0.39, 0.29) is 5.56 Å². The number of halogens is 1. The Balaban J connectivity index is 1.37. The van der Waals surface area contributed by atoms with Gasteiger partial charge in [-0.2, -0.15) is 5.10 Å². The Morgan fingerprint density at radius 3 is 2.63 bits per heavy atom. The number of nitrogens with zero attached hydrogens (tertiary/aromatic N) is 5. The molecule has 0 aromatic carbocycles. The largest absolute Gasteiger partial charge is 0.495 e. The molecular weight excluding hydrogens is 406 g/mol. The topological polar surface area (TPSA) is 84.1 Å². The summed E-state index contributed by atoms with van der Waals surface area (Å²) in [6, 6.07) is 5.65. The van der Waals surface area contributed by atoms with E-state index in [1.807, 2.05) is 12.1 Å². The van der Waals surface area contributed by atoms with Gasteiger partial charge in [-0.3, -0.25) is 14.5 Å². The third kappa shape index (κ3) is 4.33. The van der Waals surface area contributed by atoms with Gasteiger partial charge >= 0.3 is 0 Å². The van der Waals surface area contributed by atoms with E-state index in [2.05, 4.69) is 15.2 Å². The number of pyridine rings is 1. The Morgan fingerprint density at radius 2 is 1.97 bits per heavy atom. The lowest BCUT2D eigenvalue weighted by atomic mass is 10.1. The molecule has 0 amide bonds. The quantitative estimate of drug-likeness (QED) is 0.547. The van der Waals surface area contributed by atoms with Crippen LogP contribution in [0.4, 0.5) is 0 Å². The minimum Gasteiger partial charge on any atom is -0.495 e. The van der Waals surface area contributed by atoms with Crippen LogP contribution < -0.4 is 15.0 Å². The zero-order chi connectivity index (χ0) is 21.3. The van der Waals surface area contributed by atoms with E-state index in [1.54, 1.807) is 44.3 Å². The van der Waals surface area contributed by atoms with Gasteiger partial charge in [0.15, 0.2) is 0 Å². The van der Waals surface area contributed by atoms with E-state index in [4.69, 9.17) is 21.1 Å². The third-order valence-electron chi connectivity index (χ3n) is 5.46. The fourth-order valence-corrected chi connectivity index (χ4v) is 3.70. The Bertz CT molecular complexity index is 1090. The van der Waals surface area contributed by atoms with Crippen molar-refractivity contribution >= 4 is 11.6 Å². The first-order valence-electron chi connectivity index (χ1n) is 9.82. The lowest BCUT2D eigenvalue weighted by Gasteiger charge is -2.09. The molecule has 0 N–H and O–H groups in total. The second-order valence-electron chi connectivity index (χ2n) is 7.56. The maximum Gasteiger partial charge on any atom is 0.269 e. The van der Waals surface area contributed by atoms with Crippen LogP contribution in [0.5, 0.6) is 11.6 Å². The van der Waals surface area contributed by atoms with Crippen LogP contribution in [-0.2, 0) is 26.9 Å². The van der Waals surface area contributed by atoms with Gasteiger partial charge in [-0.1, -0.05) is 11.6 Å². The third-order valence-corrected chi connectivity index (χ3v) is 5.94. The minimum atomic E-state index is -0.130. The number of aryl methyl sites for hydroxylation is 4. The molecule has 2 atom stereocenters. The van der Waals surface area contributed by atoms with Crippen molar-refractivity contribution in [3.63, 3.8) is 0 Å². The Labute approximate surface area is 179 Å². The molecule has 0 bridgehead atoms. The summed E-state index contributed by atoms with van der Waals surface area (Å²) in [6.45, 7) is 0.539. The molecule has 4 rings (SSSR count). The lowest BCUT2D eigenvalue weighted by molar-refractivity contribution is 0.277. The molecule has 3 aromatic rings. The molecular formula is C21H24ClN5O3. The van der Waals surface area contributed by atoms with Crippen molar-refractivity contribution in [2.24, 2.45) is 20.0 Å². The SMILES string of the molecule is COc1ccc([C@H]2C[C@@H]2COc2cc(CCc3cnn(C)c3Cl)c(=O)n(C)n2)nc1. The van der Waals surface area contributed by atoms with Gasteiger partial charge in [-0.05, 0) is 31.4 Å². The maximum atomic E-state index is 12.4. The summed E-state index contributed by atoms with van der Waals surface area (Å²) in [5, 5.41) is 8.96. The highest BCUT2D eigenvalue weighted by Crippen LogP contribution is 2.46. The molecule has 1 fully saturated rings.